The van der Waals surface area contributed by atoms with E-state index in [9.17, 15) is 61.5 Å². The van der Waals surface area contributed by atoms with Gasteiger partial charge in [-0.3, -0.25) is 0 Å². The van der Waals surface area contributed by atoms with Crippen molar-refractivity contribution in [1.29, 1.82) is 0 Å². The van der Waals surface area contributed by atoms with Crippen molar-refractivity contribution >= 4 is 0 Å². The summed E-state index contributed by atoms with van der Waals surface area (Å²) in [6, 6.07) is 0. The minimum Gasteiger partial charge on any atom is -0.207 e. The lowest BCUT2D eigenvalue weighted by Crippen LogP contribution is -2.43. The molecule has 7 fully saturated rings. The van der Waals surface area contributed by atoms with Gasteiger partial charge in [0.1, 0.15) is 0 Å². The van der Waals surface area contributed by atoms with E-state index in [2.05, 4.69) is 145 Å². The van der Waals surface area contributed by atoms with E-state index in [0.29, 0.717) is 58.7 Å². The SMILES string of the molecule is CC.CC(C)(C)C.CC(C)C.CC(C)C(F)(F)F.CC1CCC(F)(F)CC1.CC1CCC2(CC1)CC(C)(C)CC(C)(C)C2.CC1CCC2(CC1)CCC(C)(C)CC2.CC1CCC2(CCCC2)CC1.CCC.CCC(C)C.CCC(C)C(F)(F)F.CCC(C)CC(F)(F)F.CCC(C)CC(F)(F)F. The van der Waals surface area contributed by atoms with Crippen LogP contribution in [0.4, 0.5) is 61.5 Å². The second-order valence-corrected chi connectivity index (χ2v) is 38.8. The molecule has 0 amide bonds. The van der Waals surface area contributed by atoms with Gasteiger partial charge in [-0.05, 0) is 201 Å². The van der Waals surface area contributed by atoms with Crippen LogP contribution in [0.25, 0.3) is 0 Å². The highest BCUT2D eigenvalue weighted by Crippen LogP contribution is 2.60. The number of alkyl halides is 14. The van der Waals surface area contributed by atoms with E-state index in [0.717, 1.165) is 54.3 Å². The Balaban J connectivity index is -0.000000252. The molecule has 0 bridgehead atoms. The molecule has 0 N–H and O–H groups in total. The maximum absolute atomic E-state index is 12.4. The normalized spacial score (nSPS) is 22.0. The smallest absolute Gasteiger partial charge is 0.207 e. The quantitative estimate of drug-likeness (QED) is 0.233. The summed E-state index contributed by atoms with van der Waals surface area (Å²) in [5, 5.41) is 0. The van der Waals surface area contributed by atoms with Crippen LogP contribution in [0.15, 0.2) is 0 Å². The molecule has 3 unspecified atom stereocenters. The third-order valence-corrected chi connectivity index (χ3v) is 21.2. The van der Waals surface area contributed by atoms with Crippen molar-refractivity contribution in [3.8, 4) is 0 Å². The molecule has 7 aliphatic rings. The number of hydrogen-bond acceptors (Lipinski definition) is 0. The Labute approximate surface area is 626 Å². The highest BCUT2D eigenvalue weighted by Gasteiger charge is 2.48. The fourth-order valence-electron chi connectivity index (χ4n) is 14.1. The highest BCUT2D eigenvalue weighted by molar-refractivity contribution is 4.99. The number of rotatable bonds is 6. The fraction of sp³-hybridized carbons (Fsp3) is 1.00. The van der Waals surface area contributed by atoms with Crippen LogP contribution in [-0.2, 0) is 0 Å². The molecule has 624 valence electrons. The fourth-order valence-corrected chi connectivity index (χ4v) is 14.1. The van der Waals surface area contributed by atoms with E-state index in [1.807, 2.05) is 20.8 Å². The summed E-state index contributed by atoms with van der Waals surface area (Å²) in [4.78, 5) is 0. The van der Waals surface area contributed by atoms with E-state index in [1.165, 1.54) is 149 Å². The van der Waals surface area contributed by atoms with Crippen LogP contribution >= 0.6 is 0 Å². The molecule has 0 saturated heterocycles. The zero-order valence-corrected chi connectivity index (χ0v) is 73.1. The molecule has 0 aliphatic heterocycles. The first-order chi connectivity index (χ1) is 45.9. The molecule has 0 heterocycles. The highest BCUT2D eigenvalue weighted by atomic mass is 19.4. The maximum atomic E-state index is 12.4. The zero-order chi connectivity index (χ0) is 81.8. The van der Waals surface area contributed by atoms with Gasteiger partial charge in [0.25, 0.3) is 0 Å². The van der Waals surface area contributed by atoms with E-state index < -0.39 is 55.3 Å². The first-order valence-electron chi connectivity index (χ1n) is 41.5. The average Bonchev–Trinajstić information content (AvgIpc) is 0.880. The molecule has 7 aliphatic carbocycles. The van der Waals surface area contributed by atoms with Crippen molar-refractivity contribution in [2.75, 3.05) is 0 Å². The minimum atomic E-state index is -4.00. The second-order valence-electron chi connectivity index (χ2n) is 38.8. The van der Waals surface area contributed by atoms with Gasteiger partial charge in [0.15, 0.2) is 0 Å². The van der Waals surface area contributed by atoms with E-state index in [4.69, 9.17) is 0 Å². The molecule has 0 aromatic carbocycles. The van der Waals surface area contributed by atoms with Crippen molar-refractivity contribution in [1.82, 2.24) is 0 Å². The molecule has 102 heavy (non-hydrogen) atoms. The van der Waals surface area contributed by atoms with Crippen molar-refractivity contribution in [2.24, 2.45) is 97.1 Å². The van der Waals surface area contributed by atoms with Crippen LogP contribution in [0.1, 0.15) is 440 Å². The van der Waals surface area contributed by atoms with Crippen LogP contribution in [-0.4, -0.2) is 30.6 Å². The molecule has 0 aromatic rings. The van der Waals surface area contributed by atoms with Gasteiger partial charge in [-0.1, -0.05) is 299 Å². The number of halogens is 14. The zero-order valence-electron chi connectivity index (χ0n) is 73.1. The molecule has 7 rings (SSSR count). The Kier molecular flexibility index (Phi) is 59.0. The first-order valence-corrected chi connectivity index (χ1v) is 41.5. The van der Waals surface area contributed by atoms with Crippen LogP contribution in [0.3, 0.4) is 0 Å². The van der Waals surface area contributed by atoms with E-state index in [1.54, 1.807) is 53.4 Å². The number of hydrogen-bond donors (Lipinski definition) is 0. The lowest BCUT2D eigenvalue weighted by atomic mass is 9.51. The van der Waals surface area contributed by atoms with Crippen LogP contribution in [0.5, 0.6) is 0 Å². The summed E-state index contributed by atoms with van der Waals surface area (Å²) in [6.45, 7) is 66.0. The molecule has 7 saturated carbocycles. The molecular formula is C88H174F14. The van der Waals surface area contributed by atoms with Gasteiger partial charge in [0, 0.05) is 31.6 Å². The lowest BCUT2D eigenvalue weighted by Gasteiger charge is -2.54. The van der Waals surface area contributed by atoms with Crippen molar-refractivity contribution in [2.45, 2.75) is 470 Å². The Morgan fingerprint density at radius 3 is 0.755 bits per heavy atom. The molecule has 3 atom stereocenters. The summed E-state index contributed by atoms with van der Waals surface area (Å²) in [7, 11) is 0. The van der Waals surface area contributed by atoms with Crippen LogP contribution < -0.4 is 0 Å². The molecule has 0 nitrogen and oxygen atoms in total. The third kappa shape index (κ3) is 68.3. The second kappa shape index (κ2) is 53.8. The Morgan fingerprint density at radius 1 is 0.343 bits per heavy atom. The van der Waals surface area contributed by atoms with Gasteiger partial charge < -0.3 is 0 Å². The van der Waals surface area contributed by atoms with Crippen molar-refractivity contribution in [3.63, 3.8) is 0 Å². The topological polar surface area (TPSA) is 0 Å². The maximum Gasteiger partial charge on any atom is 0.391 e. The molecule has 3 spiro atoms. The molecule has 14 heteroatoms. The summed E-state index contributed by atoms with van der Waals surface area (Å²) < 4.78 is 162. The van der Waals surface area contributed by atoms with E-state index in [-0.39, 0.29) is 31.1 Å². The standard InChI is InChI=1S/C16H30.C14H26.C11H20.C7H12F2.2C6H11F3.C5H9F3.2C5H12.C4H7F3.C4H10.C3H8.C2H6/c1-13-6-8-16(9-7-13)11-14(2,3)10-15(4,5)12-16;1-12-4-6-14(7-5-12)10-8-13(2,3)9-11-14;1-10-4-8-11(9-5-10)6-2-3-7-11;1-6-2-4-7(8,9)5-3-6;2*1-3-5(2)4-6(7,8)9;1-3-4(2)5(6,7)8;1-5(2,3)4;1-4-5(2)3;1-3(2)4(5,6)7;1-4(2)3;1-3-2;1-2/h13H,6-12H2,1-5H3;12H,4-11H2,1-3H3;10H,2-9H2,1H3;6H,2-5H2,1H3;2*5H,3-4H2,1-2H3;4H,3H2,1-2H3;1-4H3;5H,4H2,1-3H3;3H,1-2H3;4H,1-3H3;3H2,1-2H3;1-2H3. The van der Waals surface area contributed by atoms with Gasteiger partial charge in [-0.2, -0.15) is 52.7 Å². The summed E-state index contributed by atoms with van der Waals surface area (Å²) >= 11 is 0. The largest absolute Gasteiger partial charge is 0.391 e. The summed E-state index contributed by atoms with van der Waals surface area (Å²) in [5.41, 5.74) is 4.64. The Hall–Kier alpha value is -0.980. The van der Waals surface area contributed by atoms with Gasteiger partial charge in [0.2, 0.25) is 5.92 Å². The van der Waals surface area contributed by atoms with Gasteiger partial charge in [0.05, 0.1) is 5.92 Å². The van der Waals surface area contributed by atoms with Gasteiger partial charge in [-0.15, -0.1) is 0 Å². The summed E-state index contributed by atoms with van der Waals surface area (Å²) in [5.74, 6) is 0.104. The van der Waals surface area contributed by atoms with E-state index >= 15 is 0 Å². The monoisotopic (exact) mass is 1500 g/mol. The molecular weight excluding hydrogens is 1320 g/mol. The first kappa shape index (κ1) is 112. The minimum absolute atomic E-state index is 0.105. The van der Waals surface area contributed by atoms with Crippen molar-refractivity contribution < 1.29 is 61.5 Å². The summed E-state index contributed by atoms with van der Waals surface area (Å²) in [6.07, 6.45) is 23.0. The third-order valence-electron chi connectivity index (χ3n) is 21.2. The molecule has 0 radical (unpaired) electrons. The lowest BCUT2D eigenvalue weighted by molar-refractivity contribution is -0.170. The van der Waals surface area contributed by atoms with Crippen LogP contribution in [0.2, 0.25) is 0 Å². The van der Waals surface area contributed by atoms with Gasteiger partial charge >= 0.3 is 24.7 Å². The Bertz CT molecular complexity index is 1810. The van der Waals surface area contributed by atoms with Crippen molar-refractivity contribution in [3.05, 3.63) is 0 Å². The molecule has 0 aromatic heterocycles. The van der Waals surface area contributed by atoms with Gasteiger partial charge in [-0.25, -0.2) is 8.78 Å². The Morgan fingerprint density at radius 2 is 0.578 bits per heavy atom. The predicted molar refractivity (Wildman–Crippen MR) is 420 cm³/mol. The van der Waals surface area contributed by atoms with Crippen LogP contribution in [0, 0.1) is 97.1 Å². The predicted octanol–water partition coefficient (Wildman–Crippen LogP) is 35.8. The average molecular weight is 1500 g/mol.